The van der Waals surface area contributed by atoms with Crippen molar-refractivity contribution in [3.05, 3.63) is 82.3 Å². The van der Waals surface area contributed by atoms with Crippen LogP contribution in [0, 0.1) is 5.82 Å². The molecule has 0 atom stereocenters. The Labute approximate surface area is 136 Å². The Bertz CT molecular complexity index is 809. The molecule has 0 unspecified atom stereocenters. The first-order chi connectivity index (χ1) is 11.2. The van der Waals surface area contributed by atoms with Crippen molar-refractivity contribution >= 4 is 29.2 Å². The molecule has 0 amide bonds. The normalized spacial score (nSPS) is 10.8. The molecule has 114 valence electrons. The number of hydrogen-bond donors (Lipinski definition) is 0. The van der Waals surface area contributed by atoms with Crippen LogP contribution < -0.4 is 4.74 Å². The van der Waals surface area contributed by atoms with Gasteiger partial charge in [0.25, 0.3) is 0 Å². The minimum atomic E-state index is -0.368. The van der Waals surface area contributed by atoms with E-state index < -0.39 is 0 Å². The second kappa shape index (κ2) is 6.98. The quantitative estimate of drug-likeness (QED) is 0.390. The number of esters is 1. The van der Waals surface area contributed by atoms with Gasteiger partial charge in [-0.25, -0.2) is 9.18 Å². The van der Waals surface area contributed by atoms with Crippen molar-refractivity contribution in [2.45, 2.75) is 0 Å². The van der Waals surface area contributed by atoms with Crippen LogP contribution in [0.1, 0.15) is 15.2 Å². The van der Waals surface area contributed by atoms with Crippen LogP contribution in [-0.2, 0) is 0 Å². The molecule has 23 heavy (non-hydrogen) atoms. The minimum Gasteiger partial charge on any atom is -0.422 e. The van der Waals surface area contributed by atoms with E-state index in [0.29, 0.717) is 16.3 Å². The van der Waals surface area contributed by atoms with Gasteiger partial charge in [-0.3, -0.25) is 4.99 Å². The maximum absolute atomic E-state index is 12.8. The SMILES string of the molecule is O=C(Oc1ccc(/C=N/c2ccc(F)cc2)cc1)c1cccs1. The van der Waals surface area contributed by atoms with Crippen molar-refractivity contribution in [2.24, 2.45) is 4.99 Å². The third-order valence-corrected chi connectivity index (χ3v) is 3.85. The summed E-state index contributed by atoms with van der Waals surface area (Å²) in [5, 5.41) is 1.83. The molecule has 3 nitrogen and oxygen atoms in total. The van der Waals surface area contributed by atoms with Crippen molar-refractivity contribution in [3.63, 3.8) is 0 Å². The Morgan fingerprint density at radius 2 is 1.78 bits per heavy atom. The van der Waals surface area contributed by atoms with Crippen molar-refractivity contribution in [2.75, 3.05) is 0 Å². The van der Waals surface area contributed by atoms with Crippen LogP contribution in [0.25, 0.3) is 0 Å². The van der Waals surface area contributed by atoms with E-state index in [1.54, 1.807) is 54.7 Å². The number of hydrogen-bond acceptors (Lipinski definition) is 4. The van der Waals surface area contributed by atoms with E-state index in [4.69, 9.17) is 4.74 Å². The zero-order valence-electron chi connectivity index (χ0n) is 12.0. The van der Waals surface area contributed by atoms with Crippen LogP contribution in [0.15, 0.2) is 71.0 Å². The monoisotopic (exact) mass is 325 g/mol. The Hall–Kier alpha value is -2.79. The first-order valence-electron chi connectivity index (χ1n) is 6.86. The maximum atomic E-state index is 12.8. The summed E-state index contributed by atoms with van der Waals surface area (Å²) in [6.45, 7) is 0. The molecule has 0 saturated carbocycles. The Kier molecular flexibility index (Phi) is 4.59. The van der Waals surface area contributed by atoms with Gasteiger partial charge in [0.2, 0.25) is 0 Å². The Balaban J connectivity index is 1.65. The molecule has 0 spiro atoms. The van der Waals surface area contributed by atoms with Gasteiger partial charge in [-0.05, 0) is 65.5 Å². The van der Waals surface area contributed by atoms with E-state index in [1.807, 2.05) is 5.38 Å². The van der Waals surface area contributed by atoms with E-state index in [1.165, 1.54) is 23.5 Å². The highest BCUT2D eigenvalue weighted by Crippen LogP contribution is 2.17. The molecule has 1 aromatic heterocycles. The topological polar surface area (TPSA) is 38.7 Å². The first kappa shape index (κ1) is 15.1. The van der Waals surface area contributed by atoms with Crippen LogP contribution >= 0.6 is 11.3 Å². The van der Waals surface area contributed by atoms with Gasteiger partial charge in [0.15, 0.2) is 0 Å². The summed E-state index contributed by atoms with van der Waals surface area (Å²) in [4.78, 5) is 16.6. The molecule has 2 aromatic carbocycles. The molecular weight excluding hydrogens is 313 g/mol. The highest BCUT2D eigenvalue weighted by atomic mass is 32.1. The zero-order valence-corrected chi connectivity index (χ0v) is 12.8. The molecule has 0 saturated heterocycles. The largest absolute Gasteiger partial charge is 0.422 e. The lowest BCUT2D eigenvalue weighted by molar-refractivity contribution is 0.0740. The number of halogens is 1. The summed E-state index contributed by atoms with van der Waals surface area (Å²) in [5.74, 6) is -0.184. The van der Waals surface area contributed by atoms with Gasteiger partial charge in [-0.2, -0.15) is 0 Å². The summed E-state index contributed by atoms with van der Waals surface area (Å²) in [7, 11) is 0. The number of ether oxygens (including phenoxy) is 1. The number of nitrogens with zero attached hydrogens (tertiary/aromatic N) is 1. The molecule has 0 aliphatic carbocycles. The second-order valence-corrected chi connectivity index (χ2v) is 5.62. The molecule has 0 aliphatic rings. The third kappa shape index (κ3) is 4.11. The lowest BCUT2D eigenvalue weighted by Crippen LogP contribution is -2.06. The number of carbonyl (C=O) groups excluding carboxylic acids is 1. The number of benzene rings is 2. The minimum absolute atomic E-state index is 0.291. The molecule has 0 fully saturated rings. The van der Waals surface area contributed by atoms with Gasteiger partial charge in [0.1, 0.15) is 16.4 Å². The van der Waals surface area contributed by atoms with Gasteiger partial charge in [-0.1, -0.05) is 6.07 Å². The number of rotatable bonds is 4. The Morgan fingerprint density at radius 3 is 2.43 bits per heavy atom. The van der Waals surface area contributed by atoms with Crippen molar-refractivity contribution in [1.29, 1.82) is 0 Å². The molecule has 5 heteroatoms. The zero-order chi connectivity index (χ0) is 16.1. The number of thiophene rings is 1. The number of carbonyl (C=O) groups is 1. The predicted octanol–water partition coefficient (Wildman–Crippen LogP) is 4.86. The predicted molar refractivity (Wildman–Crippen MR) is 89.4 cm³/mol. The van der Waals surface area contributed by atoms with Crippen molar-refractivity contribution in [1.82, 2.24) is 0 Å². The fourth-order valence-corrected chi connectivity index (χ4v) is 2.45. The maximum Gasteiger partial charge on any atom is 0.353 e. The van der Waals surface area contributed by atoms with Gasteiger partial charge >= 0.3 is 5.97 Å². The molecule has 0 bridgehead atoms. The van der Waals surface area contributed by atoms with Gasteiger partial charge < -0.3 is 4.74 Å². The standard InChI is InChI=1S/C18H12FNO2S/c19-14-5-7-15(8-6-14)20-12-13-3-9-16(10-4-13)22-18(21)17-2-1-11-23-17/h1-12H/b20-12+. The van der Waals surface area contributed by atoms with Crippen LogP contribution in [-0.4, -0.2) is 12.2 Å². The highest BCUT2D eigenvalue weighted by molar-refractivity contribution is 7.12. The van der Waals surface area contributed by atoms with Gasteiger partial charge in [-0.15, -0.1) is 11.3 Å². The van der Waals surface area contributed by atoms with E-state index >= 15 is 0 Å². The van der Waals surface area contributed by atoms with Crippen LogP contribution in [0.5, 0.6) is 5.75 Å². The van der Waals surface area contributed by atoms with Crippen molar-refractivity contribution in [3.8, 4) is 5.75 Å². The summed E-state index contributed by atoms with van der Waals surface area (Å²) in [6, 6.07) is 16.4. The summed E-state index contributed by atoms with van der Waals surface area (Å²) >= 11 is 1.34. The third-order valence-electron chi connectivity index (χ3n) is 3.00. The highest BCUT2D eigenvalue weighted by Gasteiger charge is 2.08. The second-order valence-electron chi connectivity index (χ2n) is 4.67. The fraction of sp³-hybridized carbons (Fsp3) is 0. The lowest BCUT2D eigenvalue weighted by Gasteiger charge is -2.02. The average molecular weight is 325 g/mol. The molecule has 0 radical (unpaired) electrons. The molecule has 0 N–H and O–H groups in total. The van der Waals surface area contributed by atoms with E-state index in [0.717, 1.165) is 5.56 Å². The molecule has 0 aliphatic heterocycles. The first-order valence-corrected chi connectivity index (χ1v) is 7.74. The molecule has 1 heterocycles. The van der Waals surface area contributed by atoms with Gasteiger partial charge in [0, 0.05) is 6.21 Å². The molecule has 3 aromatic rings. The summed E-state index contributed by atoms with van der Waals surface area (Å²) in [6.07, 6.45) is 1.66. The number of aliphatic imine (C=N–C) groups is 1. The molecule has 3 rings (SSSR count). The smallest absolute Gasteiger partial charge is 0.353 e. The summed E-state index contributed by atoms with van der Waals surface area (Å²) < 4.78 is 18.1. The lowest BCUT2D eigenvalue weighted by atomic mass is 10.2. The Morgan fingerprint density at radius 1 is 1.04 bits per heavy atom. The van der Waals surface area contributed by atoms with E-state index in [-0.39, 0.29) is 11.8 Å². The summed E-state index contributed by atoms with van der Waals surface area (Å²) in [5.41, 5.74) is 1.52. The van der Waals surface area contributed by atoms with Gasteiger partial charge in [0.05, 0.1) is 5.69 Å². The van der Waals surface area contributed by atoms with Crippen LogP contribution in [0.2, 0.25) is 0 Å². The van der Waals surface area contributed by atoms with E-state index in [9.17, 15) is 9.18 Å². The van der Waals surface area contributed by atoms with E-state index in [2.05, 4.69) is 4.99 Å². The van der Waals surface area contributed by atoms with Crippen LogP contribution in [0.4, 0.5) is 10.1 Å². The average Bonchev–Trinajstić information content (AvgIpc) is 3.10. The van der Waals surface area contributed by atoms with Crippen molar-refractivity contribution < 1.29 is 13.9 Å². The molecular formula is C18H12FNO2S. The fourth-order valence-electron chi connectivity index (χ4n) is 1.85. The van der Waals surface area contributed by atoms with Crippen LogP contribution in [0.3, 0.4) is 0 Å².